The van der Waals surface area contributed by atoms with Crippen LogP contribution in [-0.4, -0.2) is 67.8 Å². The minimum absolute atomic E-state index is 0.0580. The van der Waals surface area contributed by atoms with Crippen molar-refractivity contribution in [3.8, 4) is 0 Å². The van der Waals surface area contributed by atoms with Crippen LogP contribution >= 0.6 is 0 Å². The van der Waals surface area contributed by atoms with E-state index < -0.39 is 32.5 Å². The van der Waals surface area contributed by atoms with Crippen LogP contribution in [0.15, 0.2) is 23.1 Å². The fourth-order valence-corrected chi connectivity index (χ4v) is 5.12. The van der Waals surface area contributed by atoms with Gasteiger partial charge in [-0.2, -0.15) is 4.31 Å². The van der Waals surface area contributed by atoms with E-state index in [9.17, 15) is 26.8 Å². The molecule has 0 spiro atoms. The lowest BCUT2D eigenvalue weighted by Crippen LogP contribution is -2.50. The molecule has 2 aromatic rings. The van der Waals surface area contributed by atoms with Crippen LogP contribution in [0.2, 0.25) is 0 Å². The second-order valence-electron chi connectivity index (χ2n) is 7.09. The number of hydrogen-bond donors (Lipinski definition) is 1. The molecule has 3 rings (SSSR count). The second kappa shape index (κ2) is 8.75. The highest BCUT2D eigenvalue weighted by molar-refractivity contribution is 7.89. The first kappa shape index (κ1) is 22.9. The summed E-state index contributed by atoms with van der Waals surface area (Å²) in [6.45, 7) is 3.44. The van der Waals surface area contributed by atoms with Crippen molar-refractivity contribution in [3.05, 3.63) is 52.3 Å². The number of amides is 1. The predicted molar refractivity (Wildman–Crippen MR) is 107 cm³/mol. The van der Waals surface area contributed by atoms with Gasteiger partial charge in [0.2, 0.25) is 10.0 Å². The maximum Gasteiger partial charge on any atom is 0.339 e. The molecular formula is C20H23F2N3O5S. The number of nitrogens with one attached hydrogen (secondary N) is 1. The number of esters is 1. The molecule has 2 heterocycles. The van der Waals surface area contributed by atoms with Crippen LogP contribution in [0.1, 0.15) is 39.0 Å². The summed E-state index contributed by atoms with van der Waals surface area (Å²) in [6.07, 6.45) is 0.490. The minimum atomic E-state index is -4.25. The number of H-pyrrole nitrogens is 1. The van der Waals surface area contributed by atoms with Crippen molar-refractivity contribution in [3.63, 3.8) is 0 Å². The van der Waals surface area contributed by atoms with Crippen molar-refractivity contribution in [1.82, 2.24) is 14.2 Å². The number of hydrogen-bond acceptors (Lipinski definition) is 5. The molecule has 1 amide bonds. The highest BCUT2D eigenvalue weighted by Crippen LogP contribution is 2.24. The number of methoxy groups -OCH3 is 1. The van der Waals surface area contributed by atoms with Crippen LogP contribution in [0.5, 0.6) is 0 Å². The van der Waals surface area contributed by atoms with Gasteiger partial charge in [-0.1, -0.05) is 6.92 Å². The third kappa shape index (κ3) is 4.19. The number of piperazine rings is 1. The molecule has 0 aliphatic carbocycles. The van der Waals surface area contributed by atoms with Gasteiger partial charge in [0.25, 0.3) is 5.91 Å². The van der Waals surface area contributed by atoms with Crippen LogP contribution in [0.3, 0.4) is 0 Å². The van der Waals surface area contributed by atoms with E-state index in [4.69, 9.17) is 4.74 Å². The highest BCUT2D eigenvalue weighted by atomic mass is 32.2. The van der Waals surface area contributed by atoms with Crippen molar-refractivity contribution in [1.29, 1.82) is 0 Å². The number of sulfonamides is 1. The molecule has 1 fully saturated rings. The number of halogens is 2. The average molecular weight is 455 g/mol. The lowest BCUT2D eigenvalue weighted by molar-refractivity contribution is 0.0599. The Morgan fingerprint density at radius 2 is 1.81 bits per heavy atom. The number of nitrogens with zero attached hydrogens (tertiary/aromatic N) is 2. The summed E-state index contributed by atoms with van der Waals surface area (Å²) in [5.74, 6) is -2.82. The monoisotopic (exact) mass is 455 g/mol. The molecule has 1 aliphatic heterocycles. The number of aryl methyl sites for hydroxylation is 1. The van der Waals surface area contributed by atoms with E-state index in [0.29, 0.717) is 29.3 Å². The third-order valence-electron chi connectivity index (χ3n) is 5.32. The molecule has 0 bridgehead atoms. The van der Waals surface area contributed by atoms with Gasteiger partial charge in [-0.25, -0.2) is 22.0 Å². The van der Waals surface area contributed by atoms with E-state index >= 15 is 0 Å². The Hall–Kier alpha value is -2.79. The molecule has 0 radical (unpaired) electrons. The van der Waals surface area contributed by atoms with Gasteiger partial charge >= 0.3 is 5.97 Å². The van der Waals surface area contributed by atoms with Gasteiger partial charge in [0, 0.05) is 31.9 Å². The lowest BCUT2D eigenvalue weighted by atomic mass is 10.1. The molecule has 1 aliphatic rings. The number of benzene rings is 1. The first-order chi connectivity index (χ1) is 14.6. The van der Waals surface area contributed by atoms with Crippen molar-refractivity contribution < 1.29 is 31.5 Å². The summed E-state index contributed by atoms with van der Waals surface area (Å²) in [5.41, 5.74) is 1.60. The molecule has 168 valence electrons. The normalized spacial score (nSPS) is 15.2. The molecule has 11 heteroatoms. The first-order valence-electron chi connectivity index (χ1n) is 9.66. The van der Waals surface area contributed by atoms with Crippen molar-refractivity contribution in [2.75, 3.05) is 33.3 Å². The maximum absolute atomic E-state index is 14.0. The van der Waals surface area contributed by atoms with Crippen LogP contribution in [0.25, 0.3) is 0 Å². The molecule has 0 atom stereocenters. The molecule has 31 heavy (non-hydrogen) atoms. The second-order valence-corrected chi connectivity index (χ2v) is 9.00. The highest BCUT2D eigenvalue weighted by Gasteiger charge is 2.34. The molecule has 1 aromatic carbocycles. The fourth-order valence-electron chi connectivity index (χ4n) is 3.62. The Morgan fingerprint density at radius 3 is 2.39 bits per heavy atom. The van der Waals surface area contributed by atoms with Crippen LogP contribution in [-0.2, 0) is 21.2 Å². The number of ether oxygens (including phenoxy) is 1. The number of carbonyl (C=O) groups is 2. The number of aromatic nitrogens is 1. The summed E-state index contributed by atoms with van der Waals surface area (Å²) >= 11 is 0. The van der Waals surface area contributed by atoms with Gasteiger partial charge in [-0.05, 0) is 37.1 Å². The molecular weight excluding hydrogens is 432 g/mol. The Labute approximate surface area is 178 Å². The van der Waals surface area contributed by atoms with Crippen LogP contribution in [0.4, 0.5) is 8.78 Å². The van der Waals surface area contributed by atoms with Crippen molar-refractivity contribution in [2.24, 2.45) is 0 Å². The molecule has 0 unspecified atom stereocenters. The van der Waals surface area contributed by atoms with Crippen molar-refractivity contribution >= 4 is 21.9 Å². The quantitative estimate of drug-likeness (QED) is 0.696. The van der Waals surface area contributed by atoms with Gasteiger partial charge < -0.3 is 14.6 Å². The standard InChI is InChI=1S/C20H23F2N3O5S/c1-4-15-17(20(27)30-3)12(2)18(23-15)19(26)24-7-9-25(10-8-24)31(28,29)16-11-13(21)5-6-14(16)22/h5-6,11,23H,4,7-10H2,1-3H3. The first-order valence-corrected chi connectivity index (χ1v) is 11.1. The third-order valence-corrected chi connectivity index (χ3v) is 7.24. The smallest absolute Gasteiger partial charge is 0.339 e. The zero-order valence-electron chi connectivity index (χ0n) is 17.4. The summed E-state index contributed by atoms with van der Waals surface area (Å²) in [6, 6.07) is 2.25. The molecule has 8 nitrogen and oxygen atoms in total. The minimum Gasteiger partial charge on any atom is -0.465 e. The number of carbonyl (C=O) groups excluding carboxylic acids is 2. The average Bonchev–Trinajstić information content (AvgIpc) is 3.10. The van der Waals surface area contributed by atoms with E-state index in [2.05, 4.69) is 4.98 Å². The predicted octanol–water partition coefficient (Wildman–Crippen LogP) is 2.10. The van der Waals surface area contributed by atoms with Gasteiger partial charge in [0.05, 0.1) is 12.7 Å². The van der Waals surface area contributed by atoms with Crippen molar-refractivity contribution in [2.45, 2.75) is 25.2 Å². The molecule has 1 saturated heterocycles. The summed E-state index contributed by atoms with van der Waals surface area (Å²) in [4.78, 5) is 28.8. The van der Waals surface area contributed by atoms with Crippen LogP contribution < -0.4 is 0 Å². The molecule has 1 aromatic heterocycles. The Bertz CT molecular complexity index is 1120. The van der Waals surface area contributed by atoms with E-state index in [1.807, 2.05) is 6.92 Å². The largest absolute Gasteiger partial charge is 0.465 e. The van der Waals surface area contributed by atoms with Gasteiger partial charge in [-0.3, -0.25) is 4.79 Å². The van der Waals surface area contributed by atoms with E-state index in [0.717, 1.165) is 16.4 Å². The topological polar surface area (TPSA) is 99.8 Å². The Morgan fingerprint density at radius 1 is 1.16 bits per heavy atom. The van der Waals surface area contributed by atoms with Gasteiger partial charge in [0.1, 0.15) is 22.2 Å². The van der Waals surface area contributed by atoms with Crippen LogP contribution in [0, 0.1) is 18.6 Å². The summed E-state index contributed by atoms with van der Waals surface area (Å²) in [7, 11) is -2.99. The number of rotatable bonds is 5. The lowest BCUT2D eigenvalue weighted by Gasteiger charge is -2.34. The molecule has 1 N–H and O–H groups in total. The summed E-state index contributed by atoms with van der Waals surface area (Å²) < 4.78 is 58.7. The molecule has 0 saturated carbocycles. The van der Waals surface area contributed by atoms with E-state index in [1.54, 1.807) is 6.92 Å². The maximum atomic E-state index is 14.0. The Balaban J connectivity index is 1.78. The van der Waals surface area contributed by atoms with E-state index in [-0.39, 0.29) is 37.8 Å². The van der Waals surface area contributed by atoms with E-state index in [1.165, 1.54) is 12.0 Å². The summed E-state index contributed by atoms with van der Waals surface area (Å²) in [5, 5.41) is 0. The Kier molecular flexibility index (Phi) is 6.46. The van der Waals surface area contributed by atoms with Gasteiger partial charge in [-0.15, -0.1) is 0 Å². The SMILES string of the molecule is CCc1[nH]c(C(=O)N2CCN(S(=O)(=O)c3cc(F)ccc3F)CC2)c(C)c1C(=O)OC. The number of aromatic amines is 1. The zero-order chi connectivity index (χ0) is 22.9. The fraction of sp³-hybridized carbons (Fsp3) is 0.400. The zero-order valence-corrected chi connectivity index (χ0v) is 18.2. The van der Waals surface area contributed by atoms with Gasteiger partial charge in [0.15, 0.2) is 0 Å².